The van der Waals surface area contributed by atoms with E-state index in [9.17, 15) is 0 Å². The lowest BCUT2D eigenvalue weighted by atomic mass is 9.88. The second-order valence-electron chi connectivity index (χ2n) is 5.82. The molecule has 2 fully saturated rings. The second kappa shape index (κ2) is 5.13. The van der Waals surface area contributed by atoms with E-state index in [-0.39, 0.29) is 0 Å². The molecule has 19 heavy (non-hydrogen) atoms. The summed E-state index contributed by atoms with van der Waals surface area (Å²) in [4.78, 5) is 10.5. The number of nitrogens with one attached hydrogen (secondary N) is 1. The minimum Gasteiger partial charge on any atom is -0.358 e. The van der Waals surface area contributed by atoms with E-state index in [4.69, 9.17) is 17.4 Å². The largest absolute Gasteiger partial charge is 0.358 e. The molecule has 5 nitrogen and oxygen atoms in total. The van der Waals surface area contributed by atoms with Crippen LogP contribution in [0.1, 0.15) is 25.7 Å². The summed E-state index contributed by atoms with van der Waals surface area (Å²) in [5.74, 6) is 9.15. The molecule has 2 bridgehead atoms. The van der Waals surface area contributed by atoms with Gasteiger partial charge >= 0.3 is 0 Å². The van der Waals surface area contributed by atoms with Gasteiger partial charge in [-0.1, -0.05) is 18.0 Å². The van der Waals surface area contributed by atoms with Crippen LogP contribution in [0.5, 0.6) is 0 Å². The van der Waals surface area contributed by atoms with Crippen LogP contribution in [0.3, 0.4) is 0 Å². The number of hydrogen-bond acceptors (Lipinski definition) is 5. The number of hydrazine groups is 1. The van der Waals surface area contributed by atoms with Crippen molar-refractivity contribution in [2.75, 3.05) is 23.9 Å². The maximum atomic E-state index is 6.18. The van der Waals surface area contributed by atoms with Gasteiger partial charge in [0, 0.05) is 13.6 Å². The molecule has 0 radical (unpaired) electrons. The van der Waals surface area contributed by atoms with Gasteiger partial charge in [0.2, 0.25) is 5.95 Å². The molecule has 0 amide bonds. The summed E-state index contributed by atoms with van der Waals surface area (Å²) >= 11 is 6.18. The summed E-state index contributed by atoms with van der Waals surface area (Å²) in [5.41, 5.74) is 2.46. The smallest absolute Gasteiger partial charge is 0.239 e. The van der Waals surface area contributed by atoms with Crippen LogP contribution < -0.4 is 16.2 Å². The molecule has 3 unspecified atom stereocenters. The van der Waals surface area contributed by atoms with E-state index in [2.05, 4.69) is 20.3 Å². The summed E-state index contributed by atoms with van der Waals surface area (Å²) in [7, 11) is 2.04. The predicted molar refractivity (Wildman–Crippen MR) is 77.1 cm³/mol. The highest BCUT2D eigenvalue weighted by Crippen LogP contribution is 2.48. The van der Waals surface area contributed by atoms with Crippen molar-refractivity contribution in [3.63, 3.8) is 0 Å². The lowest BCUT2D eigenvalue weighted by molar-refractivity contribution is 0.337. The first-order chi connectivity index (χ1) is 9.17. The molecule has 3 atom stereocenters. The van der Waals surface area contributed by atoms with Crippen LogP contribution in [0, 0.1) is 17.8 Å². The third kappa shape index (κ3) is 2.49. The number of fused-ring (bicyclic) bond motifs is 2. The molecule has 3 rings (SSSR count). The highest BCUT2D eigenvalue weighted by atomic mass is 35.5. The number of nitrogens with two attached hydrogens (primary N) is 1. The van der Waals surface area contributed by atoms with Crippen LogP contribution in [0.15, 0.2) is 6.20 Å². The molecule has 1 aromatic rings. The average Bonchev–Trinajstić information content (AvgIpc) is 3.01. The predicted octanol–water partition coefficient (Wildman–Crippen LogP) is 2.29. The average molecular weight is 282 g/mol. The molecule has 6 heteroatoms. The van der Waals surface area contributed by atoms with E-state index >= 15 is 0 Å². The number of rotatable bonds is 4. The molecular weight excluding hydrogens is 262 g/mol. The van der Waals surface area contributed by atoms with Crippen LogP contribution in [0.2, 0.25) is 5.02 Å². The molecule has 0 spiro atoms. The standard InChI is InChI=1S/C13H20ClN5/c1-19(7-10-5-8-2-3-9(10)4-8)12-11(14)6-16-13(17-12)18-15/h6,8-10H,2-5,7,15H2,1H3,(H,16,17,18). The molecule has 0 saturated heterocycles. The molecule has 1 aromatic heterocycles. The van der Waals surface area contributed by atoms with Gasteiger partial charge in [-0.05, 0) is 37.0 Å². The summed E-state index contributed by atoms with van der Waals surface area (Å²) in [6, 6.07) is 0. The second-order valence-corrected chi connectivity index (χ2v) is 6.23. The fourth-order valence-electron chi connectivity index (χ4n) is 3.73. The van der Waals surface area contributed by atoms with Crippen molar-refractivity contribution in [2.24, 2.45) is 23.6 Å². The third-order valence-corrected chi connectivity index (χ3v) is 4.88. The molecule has 104 valence electrons. The normalized spacial score (nSPS) is 28.7. The molecule has 0 aliphatic heterocycles. The van der Waals surface area contributed by atoms with Gasteiger partial charge in [0.1, 0.15) is 5.02 Å². The van der Waals surface area contributed by atoms with Gasteiger partial charge in [0.15, 0.2) is 5.82 Å². The van der Waals surface area contributed by atoms with Crippen LogP contribution >= 0.6 is 11.6 Å². The Labute approximate surface area is 118 Å². The van der Waals surface area contributed by atoms with Crippen LogP contribution in [-0.2, 0) is 0 Å². The maximum Gasteiger partial charge on any atom is 0.239 e. The monoisotopic (exact) mass is 281 g/mol. The fourth-order valence-corrected chi connectivity index (χ4v) is 3.97. The zero-order valence-corrected chi connectivity index (χ0v) is 11.9. The molecule has 2 saturated carbocycles. The van der Waals surface area contributed by atoms with Crippen molar-refractivity contribution in [1.29, 1.82) is 0 Å². The first-order valence-corrected chi connectivity index (χ1v) is 7.25. The molecule has 1 heterocycles. The van der Waals surface area contributed by atoms with Gasteiger partial charge < -0.3 is 4.90 Å². The summed E-state index contributed by atoms with van der Waals surface area (Å²) < 4.78 is 0. The SMILES string of the molecule is CN(CC1CC2CCC1C2)c1nc(NN)ncc1Cl. The van der Waals surface area contributed by atoms with Crippen molar-refractivity contribution in [3.8, 4) is 0 Å². The topological polar surface area (TPSA) is 67.1 Å². The van der Waals surface area contributed by atoms with Crippen molar-refractivity contribution in [3.05, 3.63) is 11.2 Å². The third-order valence-electron chi connectivity index (χ3n) is 4.61. The fraction of sp³-hybridized carbons (Fsp3) is 0.692. The van der Waals surface area contributed by atoms with Crippen molar-refractivity contribution < 1.29 is 0 Å². The van der Waals surface area contributed by atoms with E-state index in [1.54, 1.807) is 6.20 Å². The van der Waals surface area contributed by atoms with Crippen molar-refractivity contribution in [1.82, 2.24) is 9.97 Å². The lowest BCUT2D eigenvalue weighted by Crippen LogP contribution is -2.29. The number of nitrogens with zero attached hydrogens (tertiary/aromatic N) is 3. The first kappa shape index (κ1) is 12.9. The first-order valence-electron chi connectivity index (χ1n) is 6.87. The van der Waals surface area contributed by atoms with Crippen LogP contribution in [0.25, 0.3) is 0 Å². The number of aromatic nitrogens is 2. The Balaban J connectivity index is 1.71. The summed E-state index contributed by atoms with van der Waals surface area (Å²) in [6.45, 7) is 1.02. The van der Waals surface area contributed by atoms with E-state index in [1.807, 2.05) is 7.05 Å². The minimum atomic E-state index is 0.402. The Morgan fingerprint density at radius 3 is 2.95 bits per heavy atom. The van der Waals surface area contributed by atoms with Crippen molar-refractivity contribution >= 4 is 23.4 Å². The van der Waals surface area contributed by atoms with E-state index in [1.165, 1.54) is 25.7 Å². The van der Waals surface area contributed by atoms with Gasteiger partial charge in [-0.2, -0.15) is 4.98 Å². The van der Waals surface area contributed by atoms with Crippen LogP contribution in [0.4, 0.5) is 11.8 Å². The Hall–Kier alpha value is -1.07. The van der Waals surface area contributed by atoms with Crippen molar-refractivity contribution in [2.45, 2.75) is 25.7 Å². The van der Waals surface area contributed by atoms with E-state index in [0.29, 0.717) is 11.0 Å². The Morgan fingerprint density at radius 2 is 2.32 bits per heavy atom. The summed E-state index contributed by atoms with van der Waals surface area (Å²) in [6.07, 6.45) is 7.21. The Bertz CT molecular complexity index is 466. The molecule has 3 N–H and O–H groups in total. The van der Waals surface area contributed by atoms with Gasteiger partial charge in [0.25, 0.3) is 0 Å². The van der Waals surface area contributed by atoms with E-state index < -0.39 is 0 Å². The lowest BCUT2D eigenvalue weighted by Gasteiger charge is -2.28. The highest BCUT2D eigenvalue weighted by molar-refractivity contribution is 6.32. The molecule has 2 aliphatic rings. The molecule has 0 aromatic carbocycles. The number of nitrogen functional groups attached to an aromatic ring is 1. The zero-order chi connectivity index (χ0) is 13.4. The van der Waals surface area contributed by atoms with Gasteiger partial charge in [-0.3, -0.25) is 5.43 Å². The van der Waals surface area contributed by atoms with Gasteiger partial charge in [0.05, 0.1) is 6.20 Å². The quantitative estimate of drug-likeness (QED) is 0.655. The van der Waals surface area contributed by atoms with Gasteiger partial charge in [-0.25, -0.2) is 10.8 Å². The summed E-state index contributed by atoms with van der Waals surface area (Å²) in [5, 5.41) is 0.574. The Morgan fingerprint density at radius 1 is 1.47 bits per heavy atom. The molecule has 2 aliphatic carbocycles. The number of halogens is 1. The van der Waals surface area contributed by atoms with Crippen LogP contribution in [-0.4, -0.2) is 23.6 Å². The van der Waals surface area contributed by atoms with Gasteiger partial charge in [-0.15, -0.1) is 0 Å². The minimum absolute atomic E-state index is 0.402. The number of hydrogen-bond donors (Lipinski definition) is 2. The number of anilines is 2. The molecular formula is C13H20ClN5. The zero-order valence-electron chi connectivity index (χ0n) is 11.1. The highest BCUT2D eigenvalue weighted by Gasteiger charge is 2.39. The maximum absolute atomic E-state index is 6.18. The Kier molecular flexibility index (Phi) is 3.50. The van der Waals surface area contributed by atoms with E-state index in [0.717, 1.165) is 30.1 Å².